The molecule has 1 heterocycles. The summed E-state index contributed by atoms with van der Waals surface area (Å²) in [4.78, 5) is 21.0. The second kappa shape index (κ2) is 3.00. The van der Waals surface area contributed by atoms with Gasteiger partial charge < -0.3 is 5.11 Å². The SMILES string of the molecule is N#CC1=NN(CC(=O)O)C(=O)C1. The number of nitriles is 1. The summed E-state index contributed by atoms with van der Waals surface area (Å²) in [7, 11) is 0. The van der Waals surface area contributed by atoms with E-state index in [1.807, 2.05) is 0 Å². The van der Waals surface area contributed by atoms with E-state index in [-0.39, 0.29) is 12.1 Å². The molecule has 0 saturated carbocycles. The Morgan fingerprint density at radius 1 is 1.83 bits per heavy atom. The van der Waals surface area contributed by atoms with Gasteiger partial charge in [0.1, 0.15) is 18.3 Å². The Labute approximate surface area is 67.7 Å². The van der Waals surface area contributed by atoms with E-state index in [9.17, 15) is 9.59 Å². The molecular formula is C6H5N3O3. The van der Waals surface area contributed by atoms with Crippen molar-refractivity contribution in [3.63, 3.8) is 0 Å². The standard InChI is InChI=1S/C6H5N3O3/c7-2-4-1-5(10)9(8-4)3-6(11)12/h1,3H2,(H,11,12). The zero-order valence-electron chi connectivity index (χ0n) is 6.02. The Morgan fingerprint density at radius 3 is 2.92 bits per heavy atom. The van der Waals surface area contributed by atoms with Crippen molar-refractivity contribution < 1.29 is 14.7 Å². The van der Waals surface area contributed by atoms with Gasteiger partial charge in [-0.3, -0.25) is 9.59 Å². The molecule has 0 atom stereocenters. The number of nitrogens with zero attached hydrogens (tertiary/aromatic N) is 3. The molecule has 6 heteroatoms. The normalized spacial score (nSPS) is 15.8. The molecule has 0 spiro atoms. The Bertz CT molecular complexity index is 302. The fraction of sp³-hybridized carbons (Fsp3) is 0.333. The lowest BCUT2D eigenvalue weighted by Gasteiger charge is -2.06. The van der Waals surface area contributed by atoms with Gasteiger partial charge in [-0.25, -0.2) is 5.01 Å². The maximum atomic E-state index is 10.9. The highest BCUT2D eigenvalue weighted by atomic mass is 16.4. The lowest BCUT2D eigenvalue weighted by atomic mass is 10.3. The van der Waals surface area contributed by atoms with Crippen LogP contribution in [0.1, 0.15) is 6.42 Å². The Balaban J connectivity index is 2.68. The van der Waals surface area contributed by atoms with Crippen LogP contribution in [0.25, 0.3) is 0 Å². The maximum Gasteiger partial charge on any atom is 0.325 e. The number of hydrogen-bond donors (Lipinski definition) is 1. The molecule has 1 rings (SSSR count). The van der Waals surface area contributed by atoms with Crippen molar-refractivity contribution in [2.45, 2.75) is 6.42 Å². The van der Waals surface area contributed by atoms with E-state index in [1.54, 1.807) is 6.07 Å². The molecule has 0 unspecified atom stereocenters. The molecule has 62 valence electrons. The van der Waals surface area contributed by atoms with E-state index in [1.165, 1.54) is 0 Å². The van der Waals surface area contributed by atoms with E-state index in [2.05, 4.69) is 5.10 Å². The van der Waals surface area contributed by atoms with Gasteiger partial charge >= 0.3 is 5.97 Å². The first-order chi connectivity index (χ1) is 5.63. The van der Waals surface area contributed by atoms with Gasteiger partial charge in [0, 0.05) is 0 Å². The van der Waals surface area contributed by atoms with Gasteiger partial charge in [0.05, 0.1) is 6.42 Å². The van der Waals surface area contributed by atoms with E-state index in [0.717, 1.165) is 5.01 Å². The van der Waals surface area contributed by atoms with Crippen LogP contribution in [0.2, 0.25) is 0 Å². The fourth-order valence-corrected chi connectivity index (χ4v) is 0.785. The van der Waals surface area contributed by atoms with Crippen molar-refractivity contribution >= 4 is 17.6 Å². The number of aliphatic carboxylic acids is 1. The zero-order valence-corrected chi connectivity index (χ0v) is 6.02. The van der Waals surface area contributed by atoms with Crippen molar-refractivity contribution in [1.82, 2.24) is 5.01 Å². The number of carboxylic acid groups (broad SMARTS) is 1. The van der Waals surface area contributed by atoms with Crippen LogP contribution in [0, 0.1) is 11.3 Å². The molecule has 0 aromatic heterocycles. The molecule has 1 amide bonds. The summed E-state index contributed by atoms with van der Waals surface area (Å²) in [6.45, 7) is -0.482. The van der Waals surface area contributed by atoms with Crippen LogP contribution >= 0.6 is 0 Å². The average molecular weight is 167 g/mol. The highest BCUT2D eigenvalue weighted by Gasteiger charge is 2.24. The van der Waals surface area contributed by atoms with Crippen molar-refractivity contribution in [1.29, 1.82) is 5.26 Å². The molecule has 0 saturated heterocycles. The number of hydrogen-bond acceptors (Lipinski definition) is 4. The molecule has 0 radical (unpaired) electrons. The largest absolute Gasteiger partial charge is 0.480 e. The molecule has 0 aromatic rings. The molecule has 1 N–H and O–H groups in total. The zero-order chi connectivity index (χ0) is 9.14. The third kappa shape index (κ3) is 1.58. The Kier molecular flexibility index (Phi) is 2.05. The molecule has 0 bridgehead atoms. The minimum atomic E-state index is -1.15. The maximum absolute atomic E-state index is 10.9. The van der Waals surface area contributed by atoms with Gasteiger partial charge in [-0.1, -0.05) is 0 Å². The van der Waals surface area contributed by atoms with Crippen molar-refractivity contribution in [2.24, 2.45) is 5.10 Å². The molecule has 0 fully saturated rings. The summed E-state index contributed by atoms with van der Waals surface area (Å²) < 4.78 is 0. The fourth-order valence-electron chi connectivity index (χ4n) is 0.785. The van der Waals surface area contributed by atoms with Crippen LogP contribution in [0.4, 0.5) is 0 Å². The summed E-state index contributed by atoms with van der Waals surface area (Å²) >= 11 is 0. The van der Waals surface area contributed by atoms with Gasteiger partial charge in [-0.15, -0.1) is 0 Å². The van der Waals surface area contributed by atoms with Gasteiger partial charge in [-0.2, -0.15) is 10.4 Å². The monoisotopic (exact) mass is 167 g/mol. The van der Waals surface area contributed by atoms with E-state index >= 15 is 0 Å². The first kappa shape index (κ1) is 8.20. The summed E-state index contributed by atoms with van der Waals surface area (Å²) in [5, 5.41) is 20.9. The summed E-state index contributed by atoms with van der Waals surface area (Å²) in [6, 6.07) is 1.69. The van der Waals surface area contributed by atoms with Crippen molar-refractivity contribution in [3.05, 3.63) is 0 Å². The van der Waals surface area contributed by atoms with E-state index < -0.39 is 18.4 Å². The van der Waals surface area contributed by atoms with Gasteiger partial charge in [0.2, 0.25) is 5.91 Å². The summed E-state index contributed by atoms with van der Waals surface area (Å²) in [5.74, 6) is -1.60. The van der Waals surface area contributed by atoms with Crippen LogP contribution in [0.3, 0.4) is 0 Å². The lowest BCUT2D eigenvalue weighted by Crippen LogP contribution is -2.27. The number of rotatable bonds is 2. The number of amides is 1. The Morgan fingerprint density at radius 2 is 2.50 bits per heavy atom. The number of carbonyl (C=O) groups excluding carboxylic acids is 1. The van der Waals surface area contributed by atoms with Gasteiger partial charge in [0.25, 0.3) is 0 Å². The predicted molar refractivity (Wildman–Crippen MR) is 37.0 cm³/mol. The predicted octanol–water partition coefficient (Wildman–Crippen LogP) is -0.817. The molecule has 0 aromatic carbocycles. The van der Waals surface area contributed by atoms with Crippen molar-refractivity contribution in [3.8, 4) is 6.07 Å². The van der Waals surface area contributed by atoms with E-state index in [0.29, 0.717) is 0 Å². The smallest absolute Gasteiger partial charge is 0.325 e. The first-order valence-corrected chi connectivity index (χ1v) is 3.13. The average Bonchev–Trinajstić information content (AvgIpc) is 2.31. The molecule has 1 aliphatic heterocycles. The van der Waals surface area contributed by atoms with Gasteiger partial charge in [-0.05, 0) is 0 Å². The minimum Gasteiger partial charge on any atom is -0.480 e. The molecule has 1 aliphatic rings. The number of carbonyl (C=O) groups is 2. The third-order valence-electron chi connectivity index (χ3n) is 1.26. The quantitative estimate of drug-likeness (QED) is 0.581. The highest BCUT2D eigenvalue weighted by molar-refractivity contribution is 6.13. The van der Waals surface area contributed by atoms with Crippen LogP contribution in [-0.4, -0.2) is 34.2 Å². The summed E-state index contributed by atoms with van der Waals surface area (Å²) in [6.07, 6.45) is -0.0935. The lowest BCUT2D eigenvalue weighted by molar-refractivity contribution is -0.143. The highest BCUT2D eigenvalue weighted by Crippen LogP contribution is 2.06. The third-order valence-corrected chi connectivity index (χ3v) is 1.26. The minimum absolute atomic E-state index is 0.0567. The Hall–Kier alpha value is -1.90. The first-order valence-electron chi connectivity index (χ1n) is 3.13. The number of hydrazone groups is 1. The van der Waals surface area contributed by atoms with Gasteiger partial charge in [0.15, 0.2) is 0 Å². The molecule has 6 nitrogen and oxygen atoms in total. The topological polar surface area (TPSA) is 93.8 Å². The second-order valence-corrected chi connectivity index (χ2v) is 2.18. The number of carboxylic acids is 1. The molecular weight excluding hydrogens is 162 g/mol. The van der Waals surface area contributed by atoms with Crippen LogP contribution in [0.5, 0.6) is 0 Å². The summed E-state index contributed by atoms with van der Waals surface area (Å²) in [5.41, 5.74) is 0.0567. The van der Waals surface area contributed by atoms with Crippen LogP contribution in [0.15, 0.2) is 5.10 Å². The van der Waals surface area contributed by atoms with Crippen LogP contribution in [-0.2, 0) is 9.59 Å². The second-order valence-electron chi connectivity index (χ2n) is 2.18. The van der Waals surface area contributed by atoms with E-state index in [4.69, 9.17) is 10.4 Å². The van der Waals surface area contributed by atoms with Crippen molar-refractivity contribution in [2.75, 3.05) is 6.54 Å². The molecule has 12 heavy (non-hydrogen) atoms. The van der Waals surface area contributed by atoms with Crippen LogP contribution < -0.4 is 0 Å². The molecule has 0 aliphatic carbocycles.